The number of aryl methyl sites for hydroxylation is 2. The summed E-state index contributed by atoms with van der Waals surface area (Å²) in [6, 6.07) is 0.608. The number of hydrogen-bond acceptors (Lipinski definition) is 10. The number of sulfone groups is 1. The molecule has 11 nitrogen and oxygen atoms in total. The summed E-state index contributed by atoms with van der Waals surface area (Å²) in [6.07, 6.45) is -0.282. The minimum atomic E-state index is -4.76. The molecule has 15 heteroatoms. The van der Waals surface area contributed by atoms with Crippen LogP contribution in [0.4, 0.5) is 19.0 Å². The van der Waals surface area contributed by atoms with Gasteiger partial charge in [-0.3, -0.25) is 14.3 Å². The van der Waals surface area contributed by atoms with Crippen LogP contribution >= 0.6 is 0 Å². The molecule has 5 rings (SSSR count). The second-order valence-electron chi connectivity index (χ2n) is 9.89. The van der Waals surface area contributed by atoms with Crippen molar-refractivity contribution in [2.45, 2.75) is 70.1 Å². The maximum Gasteiger partial charge on any atom is 0.409 e. The van der Waals surface area contributed by atoms with E-state index in [1.54, 1.807) is 13.8 Å². The van der Waals surface area contributed by atoms with E-state index < -0.39 is 27.6 Å². The summed E-state index contributed by atoms with van der Waals surface area (Å²) in [5, 5.41) is 2.76. The number of aromatic nitrogens is 7. The van der Waals surface area contributed by atoms with Crippen molar-refractivity contribution in [1.82, 2.24) is 34.5 Å². The quantitative estimate of drug-likeness (QED) is 0.320. The van der Waals surface area contributed by atoms with Crippen LogP contribution in [0.1, 0.15) is 61.4 Å². The first-order valence-electron chi connectivity index (χ1n) is 12.9. The van der Waals surface area contributed by atoms with Crippen molar-refractivity contribution >= 4 is 26.8 Å². The molecule has 1 aliphatic carbocycles. The number of hydrogen-bond donors (Lipinski definition) is 1. The van der Waals surface area contributed by atoms with Gasteiger partial charge in [0.2, 0.25) is 0 Å². The summed E-state index contributed by atoms with van der Waals surface area (Å²) in [7, 11) is -3.45. The number of pyridine rings is 1. The Morgan fingerprint density at radius 3 is 2.41 bits per heavy atom. The van der Waals surface area contributed by atoms with Gasteiger partial charge in [-0.2, -0.15) is 13.2 Å². The van der Waals surface area contributed by atoms with Gasteiger partial charge in [-0.1, -0.05) is 6.92 Å². The lowest BCUT2D eigenvalue weighted by atomic mass is 10.1. The Bertz CT molecular complexity index is 1800. The van der Waals surface area contributed by atoms with Crippen molar-refractivity contribution in [2.75, 3.05) is 11.1 Å². The summed E-state index contributed by atoms with van der Waals surface area (Å²) in [5.74, 6) is -0.118. The van der Waals surface area contributed by atoms with Gasteiger partial charge >= 0.3 is 6.18 Å². The molecule has 1 atom stereocenters. The van der Waals surface area contributed by atoms with Crippen LogP contribution < -0.4 is 10.9 Å². The third-order valence-electron chi connectivity index (χ3n) is 7.00. The van der Waals surface area contributed by atoms with Crippen molar-refractivity contribution in [3.8, 4) is 11.4 Å². The molecule has 0 amide bonds. The van der Waals surface area contributed by atoms with E-state index in [1.165, 1.54) is 31.6 Å². The van der Waals surface area contributed by atoms with Crippen molar-refractivity contribution in [3.05, 3.63) is 57.8 Å². The Morgan fingerprint density at radius 1 is 1.07 bits per heavy atom. The standard InChI is InChI=1S/C26H27F3N8O3S/c1-5-41(39,40)18-9-8-17(30-11-18)10-31-23-25(38)37(15(4)26(27,28)29)24-20(35-23)14(3)34-22(36-24)19-13(2)32-12-33-21(19)16-6-7-16/h8-9,11-12,15-16H,5-7,10H2,1-4H3,(H,31,35)/t15-/m0/s1. The van der Waals surface area contributed by atoms with Gasteiger partial charge in [0.15, 0.2) is 27.1 Å². The summed E-state index contributed by atoms with van der Waals surface area (Å²) in [4.78, 5) is 39.6. The fourth-order valence-electron chi connectivity index (χ4n) is 4.43. The highest BCUT2D eigenvalue weighted by Crippen LogP contribution is 2.43. The molecule has 0 aromatic carbocycles. The van der Waals surface area contributed by atoms with Gasteiger partial charge in [0.05, 0.1) is 45.5 Å². The molecule has 0 unspecified atom stereocenters. The second kappa shape index (κ2) is 10.4. The first kappa shape index (κ1) is 28.5. The van der Waals surface area contributed by atoms with E-state index in [9.17, 15) is 26.4 Å². The lowest BCUT2D eigenvalue weighted by molar-refractivity contribution is -0.162. The van der Waals surface area contributed by atoms with E-state index in [-0.39, 0.29) is 51.6 Å². The minimum absolute atomic E-state index is 0.0202. The number of halogens is 3. The van der Waals surface area contributed by atoms with Crippen molar-refractivity contribution in [1.29, 1.82) is 0 Å². The molecule has 0 aliphatic heterocycles. The monoisotopic (exact) mass is 588 g/mol. The largest absolute Gasteiger partial charge is 0.409 e. The number of nitrogens with one attached hydrogen (secondary N) is 1. The maximum absolute atomic E-state index is 14.0. The van der Waals surface area contributed by atoms with Gasteiger partial charge in [0, 0.05) is 12.1 Å². The summed E-state index contributed by atoms with van der Waals surface area (Å²) in [5.41, 5.74) is 1.21. The van der Waals surface area contributed by atoms with Crippen LogP contribution in [0.3, 0.4) is 0 Å². The Balaban J connectivity index is 1.61. The van der Waals surface area contributed by atoms with Crippen LogP contribution in [-0.4, -0.2) is 54.8 Å². The lowest BCUT2D eigenvalue weighted by Gasteiger charge is -2.22. The molecule has 4 aromatic rings. The summed E-state index contributed by atoms with van der Waals surface area (Å²) < 4.78 is 66.8. The molecule has 41 heavy (non-hydrogen) atoms. The number of nitrogens with zero attached hydrogens (tertiary/aromatic N) is 7. The zero-order chi connectivity index (χ0) is 29.7. The summed E-state index contributed by atoms with van der Waals surface area (Å²) >= 11 is 0. The molecule has 1 aliphatic rings. The Kier molecular flexibility index (Phi) is 7.26. The van der Waals surface area contributed by atoms with Crippen molar-refractivity contribution in [2.24, 2.45) is 0 Å². The van der Waals surface area contributed by atoms with Gasteiger partial charge in [0.1, 0.15) is 17.9 Å². The average molecular weight is 589 g/mol. The molecule has 0 spiro atoms. The number of anilines is 1. The average Bonchev–Trinajstić information content (AvgIpc) is 3.77. The molecule has 216 valence electrons. The number of rotatable bonds is 8. The van der Waals surface area contributed by atoms with E-state index in [0.717, 1.165) is 25.5 Å². The lowest BCUT2D eigenvalue weighted by Crippen LogP contribution is -2.35. The van der Waals surface area contributed by atoms with Gasteiger partial charge < -0.3 is 5.32 Å². The van der Waals surface area contributed by atoms with Crippen molar-refractivity contribution < 1.29 is 21.6 Å². The van der Waals surface area contributed by atoms with E-state index in [4.69, 9.17) is 0 Å². The van der Waals surface area contributed by atoms with Crippen LogP contribution in [0.25, 0.3) is 22.6 Å². The van der Waals surface area contributed by atoms with Gasteiger partial charge in [0.25, 0.3) is 5.56 Å². The number of alkyl halides is 3. The topological polar surface area (TPSA) is 146 Å². The molecular formula is C26H27F3N8O3S. The van der Waals surface area contributed by atoms with E-state index >= 15 is 0 Å². The SMILES string of the molecule is CCS(=O)(=O)c1ccc(CNc2nc3c(C)nc(-c4c(C)ncnc4C4CC4)nc3n([C@@H](C)C(F)(F)F)c2=O)nc1. The normalized spacial score (nSPS) is 14.8. The minimum Gasteiger partial charge on any atom is -0.360 e. The highest BCUT2D eigenvalue weighted by molar-refractivity contribution is 7.91. The first-order valence-corrected chi connectivity index (χ1v) is 14.6. The van der Waals surface area contributed by atoms with Crippen LogP contribution in [0.2, 0.25) is 0 Å². The molecule has 1 fully saturated rings. The molecular weight excluding hydrogens is 561 g/mol. The predicted molar refractivity (Wildman–Crippen MR) is 144 cm³/mol. The van der Waals surface area contributed by atoms with E-state index in [0.29, 0.717) is 21.5 Å². The number of fused-ring (bicyclic) bond motifs is 1. The molecule has 1 N–H and O–H groups in total. The fourth-order valence-corrected chi connectivity index (χ4v) is 5.25. The van der Waals surface area contributed by atoms with E-state index in [2.05, 4.69) is 35.2 Å². The third kappa shape index (κ3) is 5.49. The molecule has 1 saturated carbocycles. The van der Waals surface area contributed by atoms with Crippen LogP contribution in [0.15, 0.2) is 34.3 Å². The Hall–Kier alpha value is -4.01. The Labute approximate surface area is 233 Å². The molecule has 0 saturated heterocycles. The molecule has 4 aromatic heterocycles. The Morgan fingerprint density at radius 2 is 1.80 bits per heavy atom. The summed E-state index contributed by atoms with van der Waals surface area (Å²) in [6.45, 7) is 5.63. The van der Waals surface area contributed by atoms with Crippen LogP contribution in [-0.2, 0) is 16.4 Å². The van der Waals surface area contributed by atoms with Gasteiger partial charge in [-0.05, 0) is 45.7 Å². The second-order valence-corrected chi connectivity index (χ2v) is 12.2. The zero-order valence-corrected chi connectivity index (χ0v) is 23.5. The maximum atomic E-state index is 14.0. The zero-order valence-electron chi connectivity index (χ0n) is 22.7. The van der Waals surface area contributed by atoms with Gasteiger partial charge in [-0.15, -0.1) is 0 Å². The third-order valence-corrected chi connectivity index (χ3v) is 8.72. The molecule has 4 heterocycles. The highest BCUT2D eigenvalue weighted by Gasteiger charge is 2.40. The van der Waals surface area contributed by atoms with Crippen LogP contribution in [0, 0.1) is 13.8 Å². The van der Waals surface area contributed by atoms with Crippen molar-refractivity contribution in [3.63, 3.8) is 0 Å². The predicted octanol–water partition coefficient (Wildman–Crippen LogP) is 4.06. The fraction of sp³-hybridized carbons (Fsp3) is 0.423. The van der Waals surface area contributed by atoms with Gasteiger partial charge in [-0.25, -0.2) is 33.3 Å². The van der Waals surface area contributed by atoms with Crippen LogP contribution in [0.5, 0.6) is 0 Å². The molecule has 0 radical (unpaired) electrons. The molecule has 0 bridgehead atoms. The highest BCUT2D eigenvalue weighted by atomic mass is 32.2. The smallest absolute Gasteiger partial charge is 0.360 e. The van der Waals surface area contributed by atoms with E-state index in [1.807, 2.05) is 0 Å². The first-order chi connectivity index (χ1) is 19.3.